The highest BCUT2D eigenvalue weighted by Gasteiger charge is 2.35. The first kappa shape index (κ1) is 35.7. The number of esters is 1. The van der Waals surface area contributed by atoms with Gasteiger partial charge >= 0.3 is 11.9 Å². The Morgan fingerprint density at radius 3 is 2.42 bits per heavy atom. The highest BCUT2D eigenvalue weighted by Crippen LogP contribution is 2.41. The topological polar surface area (TPSA) is 121 Å². The number of amides is 1. The number of hydrogen-bond donors (Lipinski definition) is 1. The van der Waals surface area contributed by atoms with E-state index in [0.717, 1.165) is 0 Å². The third-order valence-electron chi connectivity index (χ3n) is 9.18. The normalized spacial score (nSPS) is 18.0. The maximum absolute atomic E-state index is 15.7. The third-order valence-corrected chi connectivity index (χ3v) is 9.77. The van der Waals surface area contributed by atoms with E-state index in [1.54, 1.807) is 48.4 Å². The van der Waals surface area contributed by atoms with E-state index in [9.17, 15) is 19.5 Å². The average molecular weight is 732 g/mol. The molecule has 0 bridgehead atoms. The maximum atomic E-state index is 15.7. The molecule has 3 aliphatic heterocycles. The van der Waals surface area contributed by atoms with Gasteiger partial charge in [-0.25, -0.2) is 14.0 Å². The minimum absolute atomic E-state index is 0.0606. The number of carbonyl (C=O) groups excluding carboxylic acids is 2. The molecule has 266 valence electrons. The Labute approximate surface area is 298 Å². The fraction of sp³-hybridized carbons (Fsp3) is 0.400. The second-order valence-corrected chi connectivity index (χ2v) is 13.0. The molecule has 6 rings (SSSR count). The number of piperazine rings is 1. The summed E-state index contributed by atoms with van der Waals surface area (Å²) in [6.07, 6.45) is 0. The van der Waals surface area contributed by atoms with E-state index in [2.05, 4.69) is 0 Å². The summed E-state index contributed by atoms with van der Waals surface area (Å²) < 4.78 is 37.4. The fourth-order valence-corrected chi connectivity index (χ4v) is 7.23. The number of methoxy groups -OCH3 is 2. The van der Waals surface area contributed by atoms with Gasteiger partial charge in [0, 0.05) is 68.8 Å². The number of nitrogens with zero attached hydrogens (tertiary/aromatic N) is 4. The SMILES string of the molecule is COCCN1CCN(c2cc(Cl)c(C(=O)N3COc4c(cccc4-c4cc(N5CCOCC5)c(C(=O)OC)cc4F)C3)c(Cl)c2)[C@@H](C(=O)O)C1. The van der Waals surface area contributed by atoms with E-state index < -0.39 is 29.7 Å². The zero-order valence-electron chi connectivity index (χ0n) is 27.6. The van der Waals surface area contributed by atoms with Crippen LogP contribution >= 0.6 is 23.2 Å². The molecule has 0 saturated carbocycles. The highest BCUT2D eigenvalue weighted by molar-refractivity contribution is 6.40. The van der Waals surface area contributed by atoms with Crippen LogP contribution in [0.15, 0.2) is 42.5 Å². The van der Waals surface area contributed by atoms with Gasteiger partial charge in [0.05, 0.1) is 60.3 Å². The van der Waals surface area contributed by atoms with Crippen LogP contribution in [0.3, 0.4) is 0 Å². The van der Waals surface area contributed by atoms with Crippen molar-refractivity contribution in [3.63, 3.8) is 0 Å². The number of halogens is 3. The molecule has 0 radical (unpaired) electrons. The molecular weight excluding hydrogens is 694 g/mol. The van der Waals surface area contributed by atoms with Crippen molar-refractivity contribution in [2.24, 2.45) is 0 Å². The van der Waals surface area contributed by atoms with Crippen LogP contribution in [-0.2, 0) is 25.5 Å². The van der Waals surface area contributed by atoms with Crippen LogP contribution < -0.4 is 14.5 Å². The van der Waals surface area contributed by atoms with Crippen LogP contribution in [-0.4, -0.2) is 119 Å². The minimum atomic E-state index is -0.986. The van der Waals surface area contributed by atoms with Crippen LogP contribution in [0.5, 0.6) is 5.75 Å². The molecule has 2 fully saturated rings. The number of fused-ring (bicyclic) bond motifs is 1. The molecule has 1 N–H and O–H groups in total. The van der Waals surface area contributed by atoms with Gasteiger partial charge in [0.2, 0.25) is 0 Å². The standard InChI is InChI=1S/C35H37Cl2FN4O8/c1-47-11-8-39-6-7-42(30(19-39)34(44)45)22-14-26(36)31(27(37)15-22)33(43)41-18-21-4-3-5-23(32(21)50-20-41)24-17-29(40-9-12-49-13-10-40)25(16-28(24)38)35(46)48-2/h3-5,14-17,30H,6-13,18-20H2,1-2H3,(H,44,45)/t30-/m1/s1. The Kier molecular flexibility index (Phi) is 11.0. The molecule has 0 spiro atoms. The van der Waals surface area contributed by atoms with Crippen molar-refractivity contribution >= 4 is 52.4 Å². The number of anilines is 2. The zero-order valence-corrected chi connectivity index (χ0v) is 29.1. The molecule has 1 atom stereocenters. The lowest BCUT2D eigenvalue weighted by Crippen LogP contribution is -2.57. The first-order valence-electron chi connectivity index (χ1n) is 16.1. The molecule has 3 aromatic rings. The lowest BCUT2D eigenvalue weighted by Gasteiger charge is -2.40. The first-order valence-corrected chi connectivity index (χ1v) is 16.9. The molecule has 3 heterocycles. The molecular formula is C35H37Cl2FN4O8. The van der Waals surface area contributed by atoms with Crippen LogP contribution in [0.2, 0.25) is 10.0 Å². The predicted octanol–water partition coefficient (Wildman–Crippen LogP) is 4.64. The fourth-order valence-electron chi connectivity index (χ4n) is 6.59. The van der Waals surface area contributed by atoms with Crippen molar-refractivity contribution in [1.82, 2.24) is 9.80 Å². The second kappa shape index (κ2) is 15.4. The number of ether oxygens (including phenoxy) is 4. The van der Waals surface area contributed by atoms with Crippen molar-refractivity contribution in [3.8, 4) is 16.9 Å². The number of carboxylic acid groups (broad SMARTS) is 1. The summed E-state index contributed by atoms with van der Waals surface area (Å²) in [7, 11) is 2.85. The van der Waals surface area contributed by atoms with Gasteiger partial charge in [-0.1, -0.05) is 41.4 Å². The Hall–Kier alpha value is -4.14. The quantitative estimate of drug-likeness (QED) is 0.310. The summed E-state index contributed by atoms with van der Waals surface area (Å²) in [5, 5.41) is 10.1. The Bertz CT molecular complexity index is 1770. The molecule has 50 heavy (non-hydrogen) atoms. The number of benzene rings is 3. The van der Waals surface area contributed by atoms with Crippen LogP contribution in [0, 0.1) is 5.82 Å². The van der Waals surface area contributed by atoms with Crippen molar-refractivity contribution in [3.05, 3.63) is 75.0 Å². The molecule has 1 amide bonds. The van der Waals surface area contributed by atoms with Crippen molar-refractivity contribution in [1.29, 1.82) is 0 Å². The largest absolute Gasteiger partial charge is 0.480 e. The number of hydrogen-bond acceptors (Lipinski definition) is 10. The average Bonchev–Trinajstić information content (AvgIpc) is 3.12. The molecule has 0 unspecified atom stereocenters. The summed E-state index contributed by atoms with van der Waals surface area (Å²) in [5.74, 6) is -2.33. The third kappa shape index (κ3) is 7.19. The zero-order chi connectivity index (χ0) is 35.5. The van der Waals surface area contributed by atoms with E-state index >= 15 is 4.39 Å². The monoisotopic (exact) mass is 730 g/mol. The van der Waals surface area contributed by atoms with Gasteiger partial charge in [-0.2, -0.15) is 0 Å². The molecule has 15 heteroatoms. The number of aliphatic carboxylic acids is 1. The van der Waals surface area contributed by atoms with Crippen molar-refractivity contribution in [2.45, 2.75) is 12.6 Å². The Morgan fingerprint density at radius 2 is 1.74 bits per heavy atom. The molecule has 12 nitrogen and oxygen atoms in total. The highest BCUT2D eigenvalue weighted by atomic mass is 35.5. The van der Waals surface area contributed by atoms with E-state index in [4.69, 9.17) is 42.1 Å². The Balaban J connectivity index is 1.25. The lowest BCUT2D eigenvalue weighted by molar-refractivity contribution is -0.139. The smallest absolute Gasteiger partial charge is 0.340 e. The number of para-hydroxylation sites is 1. The van der Waals surface area contributed by atoms with Gasteiger partial charge in [-0.3, -0.25) is 9.69 Å². The van der Waals surface area contributed by atoms with Crippen LogP contribution in [0.1, 0.15) is 26.3 Å². The van der Waals surface area contributed by atoms with Gasteiger partial charge in [-0.05, 0) is 24.3 Å². The number of rotatable bonds is 9. The van der Waals surface area contributed by atoms with E-state index in [0.29, 0.717) is 80.8 Å². The van der Waals surface area contributed by atoms with Gasteiger partial charge < -0.3 is 38.8 Å². The van der Waals surface area contributed by atoms with E-state index in [-0.39, 0.29) is 46.6 Å². The maximum Gasteiger partial charge on any atom is 0.340 e. The number of carbonyl (C=O) groups is 3. The second-order valence-electron chi connectivity index (χ2n) is 12.1. The van der Waals surface area contributed by atoms with Crippen molar-refractivity contribution in [2.75, 3.05) is 89.8 Å². The van der Waals surface area contributed by atoms with Crippen LogP contribution in [0.25, 0.3) is 11.1 Å². The minimum Gasteiger partial charge on any atom is -0.480 e. The summed E-state index contributed by atoms with van der Waals surface area (Å²) in [6, 6.07) is 10.3. The molecule has 0 aliphatic carbocycles. The van der Waals surface area contributed by atoms with E-state index in [1.165, 1.54) is 18.1 Å². The lowest BCUT2D eigenvalue weighted by atomic mass is 9.97. The van der Waals surface area contributed by atoms with E-state index in [1.807, 2.05) is 9.80 Å². The van der Waals surface area contributed by atoms with Crippen molar-refractivity contribution < 1.29 is 42.8 Å². The first-order chi connectivity index (χ1) is 24.1. The summed E-state index contributed by atoms with van der Waals surface area (Å²) in [5.41, 5.74) is 2.52. The predicted molar refractivity (Wildman–Crippen MR) is 185 cm³/mol. The summed E-state index contributed by atoms with van der Waals surface area (Å²) in [4.78, 5) is 45.8. The van der Waals surface area contributed by atoms with Gasteiger partial charge in [0.1, 0.15) is 17.6 Å². The molecule has 3 aliphatic rings. The summed E-state index contributed by atoms with van der Waals surface area (Å²) >= 11 is 13.4. The van der Waals surface area contributed by atoms with Gasteiger partial charge in [0.25, 0.3) is 5.91 Å². The van der Waals surface area contributed by atoms with Gasteiger partial charge in [0.15, 0.2) is 6.73 Å². The van der Waals surface area contributed by atoms with Crippen LogP contribution in [0.4, 0.5) is 15.8 Å². The van der Waals surface area contributed by atoms with Gasteiger partial charge in [-0.15, -0.1) is 0 Å². The Morgan fingerprint density at radius 1 is 1.00 bits per heavy atom. The number of morpholine rings is 1. The molecule has 0 aromatic heterocycles. The molecule has 2 saturated heterocycles. The summed E-state index contributed by atoms with van der Waals surface area (Å²) in [6.45, 7) is 4.35. The number of carboxylic acids is 1. The molecule has 3 aromatic carbocycles.